The maximum Gasteiger partial charge on any atom is 0.250 e. The highest BCUT2D eigenvalue weighted by Crippen LogP contribution is 2.15. The normalized spacial score (nSPS) is 10.0. The summed E-state index contributed by atoms with van der Waals surface area (Å²) in [6.07, 6.45) is 0.979. The number of nitrogens with one attached hydrogen (secondary N) is 1. The standard InChI is InChI=1S/C13H19NO3/c1-3-9-17-12-7-5-11(6-8-12)14-13(15)10-16-4-2/h5-8H,3-4,9-10H2,1-2H3,(H,14,15). The molecule has 17 heavy (non-hydrogen) atoms. The van der Waals surface area contributed by atoms with Crippen LogP contribution in [0.1, 0.15) is 20.3 Å². The third-order valence-electron chi connectivity index (χ3n) is 2.05. The molecule has 0 spiro atoms. The zero-order chi connectivity index (χ0) is 12.5. The third kappa shape index (κ3) is 5.36. The molecule has 0 saturated carbocycles. The second-order valence-corrected chi connectivity index (χ2v) is 3.56. The Morgan fingerprint density at radius 1 is 1.24 bits per heavy atom. The Kier molecular flexibility index (Phi) is 6.10. The van der Waals surface area contributed by atoms with Crippen molar-refractivity contribution < 1.29 is 14.3 Å². The molecule has 1 aromatic rings. The molecular weight excluding hydrogens is 218 g/mol. The third-order valence-corrected chi connectivity index (χ3v) is 2.05. The highest BCUT2D eigenvalue weighted by molar-refractivity contribution is 5.91. The van der Waals surface area contributed by atoms with Gasteiger partial charge in [-0.05, 0) is 37.6 Å². The first-order valence-corrected chi connectivity index (χ1v) is 5.86. The summed E-state index contributed by atoms with van der Waals surface area (Å²) in [5, 5.41) is 2.74. The molecule has 0 unspecified atom stereocenters. The first-order valence-electron chi connectivity index (χ1n) is 5.86. The van der Waals surface area contributed by atoms with Gasteiger partial charge in [-0.15, -0.1) is 0 Å². The van der Waals surface area contributed by atoms with Crippen LogP contribution in [0.5, 0.6) is 5.75 Å². The Balaban J connectivity index is 2.42. The molecular formula is C13H19NO3. The van der Waals surface area contributed by atoms with Gasteiger partial charge in [-0.1, -0.05) is 6.92 Å². The van der Waals surface area contributed by atoms with Crippen molar-refractivity contribution in [1.82, 2.24) is 0 Å². The predicted octanol–water partition coefficient (Wildman–Crippen LogP) is 2.45. The number of benzene rings is 1. The molecule has 94 valence electrons. The lowest BCUT2D eigenvalue weighted by atomic mass is 10.3. The number of hydrogen-bond donors (Lipinski definition) is 1. The minimum Gasteiger partial charge on any atom is -0.494 e. The largest absolute Gasteiger partial charge is 0.494 e. The zero-order valence-electron chi connectivity index (χ0n) is 10.4. The maximum atomic E-state index is 11.4. The summed E-state index contributed by atoms with van der Waals surface area (Å²) in [5.41, 5.74) is 0.749. The molecule has 1 rings (SSSR count). The number of ether oxygens (including phenoxy) is 2. The fourth-order valence-corrected chi connectivity index (χ4v) is 1.25. The van der Waals surface area contributed by atoms with Crippen molar-refractivity contribution >= 4 is 11.6 Å². The van der Waals surface area contributed by atoms with Crippen LogP contribution in [0.3, 0.4) is 0 Å². The Morgan fingerprint density at radius 2 is 1.94 bits per heavy atom. The van der Waals surface area contributed by atoms with Gasteiger partial charge in [0.1, 0.15) is 12.4 Å². The first kappa shape index (κ1) is 13.5. The molecule has 4 nitrogen and oxygen atoms in total. The van der Waals surface area contributed by atoms with Crippen molar-refractivity contribution in [2.45, 2.75) is 20.3 Å². The molecule has 0 saturated heterocycles. The number of carbonyl (C=O) groups is 1. The van der Waals surface area contributed by atoms with Gasteiger partial charge in [0.15, 0.2) is 0 Å². The SMILES string of the molecule is CCCOc1ccc(NC(=O)COCC)cc1. The Morgan fingerprint density at radius 3 is 2.53 bits per heavy atom. The van der Waals surface area contributed by atoms with Crippen molar-refractivity contribution in [3.8, 4) is 5.75 Å². The van der Waals surface area contributed by atoms with Crippen LogP contribution in [-0.2, 0) is 9.53 Å². The summed E-state index contributed by atoms with van der Waals surface area (Å²) in [5.74, 6) is 0.670. The summed E-state index contributed by atoms with van der Waals surface area (Å²) in [4.78, 5) is 11.4. The van der Waals surface area contributed by atoms with E-state index in [9.17, 15) is 4.79 Å². The van der Waals surface area contributed by atoms with Crippen molar-refractivity contribution in [2.24, 2.45) is 0 Å². The molecule has 1 amide bonds. The van der Waals surface area contributed by atoms with Crippen LogP contribution in [0.25, 0.3) is 0 Å². The van der Waals surface area contributed by atoms with Gasteiger partial charge < -0.3 is 14.8 Å². The molecule has 0 aliphatic rings. The number of anilines is 1. The molecule has 0 atom stereocenters. The number of carbonyl (C=O) groups excluding carboxylic acids is 1. The fourth-order valence-electron chi connectivity index (χ4n) is 1.25. The van der Waals surface area contributed by atoms with Crippen molar-refractivity contribution in [3.63, 3.8) is 0 Å². The topological polar surface area (TPSA) is 47.6 Å². The van der Waals surface area contributed by atoms with Gasteiger partial charge in [0, 0.05) is 12.3 Å². The molecule has 0 heterocycles. The lowest BCUT2D eigenvalue weighted by Crippen LogP contribution is -2.18. The predicted molar refractivity (Wildman–Crippen MR) is 67.4 cm³/mol. The van der Waals surface area contributed by atoms with Gasteiger partial charge in [0.05, 0.1) is 6.61 Å². The second-order valence-electron chi connectivity index (χ2n) is 3.56. The fraction of sp³-hybridized carbons (Fsp3) is 0.462. The average molecular weight is 237 g/mol. The quantitative estimate of drug-likeness (QED) is 0.792. The number of amides is 1. The van der Waals surface area contributed by atoms with Crippen LogP contribution >= 0.6 is 0 Å². The van der Waals surface area contributed by atoms with E-state index in [0.29, 0.717) is 13.2 Å². The van der Waals surface area contributed by atoms with E-state index in [-0.39, 0.29) is 12.5 Å². The van der Waals surface area contributed by atoms with Crippen LogP contribution in [0.4, 0.5) is 5.69 Å². The van der Waals surface area contributed by atoms with Gasteiger partial charge in [0.2, 0.25) is 5.91 Å². The molecule has 0 aliphatic heterocycles. The van der Waals surface area contributed by atoms with Crippen LogP contribution in [0.2, 0.25) is 0 Å². The summed E-state index contributed by atoms with van der Waals surface area (Å²) in [7, 11) is 0. The van der Waals surface area contributed by atoms with E-state index < -0.39 is 0 Å². The van der Waals surface area contributed by atoms with E-state index in [1.165, 1.54) is 0 Å². The van der Waals surface area contributed by atoms with Crippen LogP contribution in [0, 0.1) is 0 Å². The highest BCUT2D eigenvalue weighted by atomic mass is 16.5. The highest BCUT2D eigenvalue weighted by Gasteiger charge is 2.01. The van der Waals surface area contributed by atoms with Gasteiger partial charge >= 0.3 is 0 Å². The molecule has 0 fully saturated rings. The molecule has 0 aliphatic carbocycles. The van der Waals surface area contributed by atoms with Gasteiger partial charge in [-0.2, -0.15) is 0 Å². The van der Waals surface area contributed by atoms with Crippen molar-refractivity contribution in [3.05, 3.63) is 24.3 Å². The van der Waals surface area contributed by atoms with E-state index in [1.807, 2.05) is 31.2 Å². The lowest BCUT2D eigenvalue weighted by Gasteiger charge is -2.07. The molecule has 0 bridgehead atoms. The van der Waals surface area contributed by atoms with E-state index >= 15 is 0 Å². The first-order chi connectivity index (χ1) is 8.26. The minimum atomic E-state index is -0.144. The van der Waals surface area contributed by atoms with Gasteiger partial charge in [-0.25, -0.2) is 0 Å². The van der Waals surface area contributed by atoms with Crippen LogP contribution < -0.4 is 10.1 Å². The Hall–Kier alpha value is -1.55. The van der Waals surface area contributed by atoms with Crippen molar-refractivity contribution in [2.75, 3.05) is 25.1 Å². The Bertz CT molecular complexity index is 335. The number of rotatable bonds is 7. The molecule has 0 radical (unpaired) electrons. The molecule has 0 aromatic heterocycles. The summed E-state index contributed by atoms with van der Waals surface area (Å²) in [6.45, 7) is 5.24. The van der Waals surface area contributed by atoms with E-state index in [4.69, 9.17) is 9.47 Å². The Labute approximate surface area is 102 Å². The second kappa shape index (κ2) is 7.68. The summed E-state index contributed by atoms with van der Waals surface area (Å²) >= 11 is 0. The monoisotopic (exact) mass is 237 g/mol. The minimum absolute atomic E-state index is 0.0879. The smallest absolute Gasteiger partial charge is 0.250 e. The van der Waals surface area contributed by atoms with Gasteiger partial charge in [-0.3, -0.25) is 4.79 Å². The van der Waals surface area contributed by atoms with Gasteiger partial charge in [0.25, 0.3) is 0 Å². The lowest BCUT2D eigenvalue weighted by molar-refractivity contribution is -0.120. The van der Waals surface area contributed by atoms with E-state index in [1.54, 1.807) is 0 Å². The summed E-state index contributed by atoms with van der Waals surface area (Å²) < 4.78 is 10.5. The average Bonchev–Trinajstić information content (AvgIpc) is 2.35. The molecule has 1 aromatic carbocycles. The zero-order valence-corrected chi connectivity index (χ0v) is 10.4. The molecule has 4 heteroatoms. The molecule has 1 N–H and O–H groups in total. The maximum absolute atomic E-state index is 11.4. The van der Waals surface area contributed by atoms with Crippen molar-refractivity contribution in [1.29, 1.82) is 0 Å². The number of hydrogen-bond acceptors (Lipinski definition) is 3. The summed E-state index contributed by atoms with van der Waals surface area (Å²) in [6, 6.07) is 7.31. The van der Waals surface area contributed by atoms with Crippen LogP contribution in [-0.4, -0.2) is 25.7 Å². The van der Waals surface area contributed by atoms with Crippen LogP contribution in [0.15, 0.2) is 24.3 Å². The van der Waals surface area contributed by atoms with E-state index in [0.717, 1.165) is 17.9 Å². The van der Waals surface area contributed by atoms with E-state index in [2.05, 4.69) is 12.2 Å².